The molecule has 0 aromatic heterocycles. The summed E-state index contributed by atoms with van der Waals surface area (Å²) in [6.45, 7) is -16.2. The highest BCUT2D eigenvalue weighted by molar-refractivity contribution is 7.89. The molecule has 10 nitrogen and oxygen atoms in total. The highest BCUT2D eigenvalue weighted by atomic mass is 32.2. The molecular weight excluding hydrogens is 510 g/mol. The van der Waals surface area contributed by atoms with Gasteiger partial charge in [0.25, 0.3) is 0 Å². The lowest BCUT2D eigenvalue weighted by Crippen LogP contribution is -2.51. The Kier molecular flexibility index (Phi) is 5.37. The molecule has 0 unspecified atom stereocenters. The molecule has 0 aliphatic carbocycles. The molecule has 0 bridgehead atoms. The summed E-state index contributed by atoms with van der Waals surface area (Å²) in [4.78, 5) is 12.6. The summed E-state index contributed by atoms with van der Waals surface area (Å²) in [5.41, 5.74) is 6.18. The van der Waals surface area contributed by atoms with Crippen LogP contribution in [0.15, 0.2) is 59.5 Å². The van der Waals surface area contributed by atoms with Gasteiger partial charge in [0, 0.05) is 31.1 Å². The standard InChI is InChI=1S/C27H37N3O7S/c1-18(2)15-30(38(33,34)21-10-8-20(28)9-11-21)16-24(31)23(14-19-6-4-3-5-7-19)29-27(32)37-25-17-36-26-22(25)12-13-35-26/h3-11,18,22-26,31H,12-17,28H2,1-2H3,(H,29,32)/t22-,23-,24+,25-,26+/m0/s1/i1D3,2D3,15D2,17D2,18D,25D. The topological polar surface area (TPSA) is 140 Å². The second-order valence-corrected chi connectivity index (χ2v) is 10.6. The Hall–Kier alpha value is -2.70. The fourth-order valence-corrected chi connectivity index (χ4v) is 5.34. The van der Waals surface area contributed by atoms with Gasteiger partial charge in [-0.25, -0.2) is 13.2 Å². The summed E-state index contributed by atoms with van der Waals surface area (Å²) in [5.74, 6) is -5.17. The van der Waals surface area contributed by atoms with E-state index in [0.29, 0.717) is 5.56 Å². The van der Waals surface area contributed by atoms with E-state index in [9.17, 15) is 18.3 Å². The van der Waals surface area contributed by atoms with Crippen molar-refractivity contribution in [3.05, 3.63) is 60.2 Å². The molecule has 208 valence electrons. The van der Waals surface area contributed by atoms with Crippen LogP contribution in [-0.2, 0) is 30.7 Å². The van der Waals surface area contributed by atoms with Gasteiger partial charge in [-0.1, -0.05) is 44.0 Å². The maximum atomic E-state index is 14.1. The van der Waals surface area contributed by atoms with Crippen molar-refractivity contribution in [2.24, 2.45) is 11.8 Å². The smallest absolute Gasteiger partial charge is 0.407 e. The normalized spacial score (nSPS) is 32.1. The van der Waals surface area contributed by atoms with Crippen molar-refractivity contribution in [1.82, 2.24) is 9.62 Å². The molecule has 5 atom stereocenters. The Labute approximate surface area is 241 Å². The van der Waals surface area contributed by atoms with Crippen LogP contribution in [0.25, 0.3) is 0 Å². The van der Waals surface area contributed by atoms with E-state index in [1.165, 1.54) is 0 Å². The van der Waals surface area contributed by atoms with Crippen LogP contribution < -0.4 is 11.1 Å². The number of anilines is 1. The van der Waals surface area contributed by atoms with E-state index in [1.807, 2.05) is 0 Å². The number of sulfonamides is 1. The minimum atomic E-state index is -5.29. The predicted molar refractivity (Wildman–Crippen MR) is 142 cm³/mol. The number of ether oxygens (including phenoxy) is 3. The molecule has 2 aromatic rings. The number of carbonyl (C=O) groups excluding carboxylic acids is 1. The van der Waals surface area contributed by atoms with Crippen molar-refractivity contribution in [1.29, 1.82) is 0 Å². The third-order valence-corrected chi connectivity index (χ3v) is 7.67. The fraction of sp³-hybridized carbons (Fsp3) is 0.519. The van der Waals surface area contributed by atoms with Crippen LogP contribution in [-0.4, -0.2) is 74.6 Å². The van der Waals surface area contributed by atoms with Gasteiger partial charge in [-0.2, -0.15) is 4.31 Å². The zero-order valence-electron chi connectivity index (χ0n) is 32.2. The van der Waals surface area contributed by atoms with Gasteiger partial charge < -0.3 is 30.4 Å². The van der Waals surface area contributed by atoms with Crippen molar-refractivity contribution >= 4 is 21.8 Å². The third kappa shape index (κ3) is 7.03. The second-order valence-electron chi connectivity index (χ2n) is 8.71. The maximum absolute atomic E-state index is 14.1. The molecule has 0 radical (unpaired) electrons. The average molecular weight is 560 g/mol. The number of hydrogen-bond donors (Lipinski definition) is 3. The van der Waals surface area contributed by atoms with Crippen molar-refractivity contribution in [3.8, 4) is 0 Å². The Morgan fingerprint density at radius 1 is 1.32 bits per heavy atom. The molecule has 2 saturated heterocycles. The van der Waals surface area contributed by atoms with Gasteiger partial charge in [0.2, 0.25) is 10.0 Å². The summed E-state index contributed by atoms with van der Waals surface area (Å²) in [5, 5.41) is 13.9. The van der Waals surface area contributed by atoms with Crippen molar-refractivity contribution in [3.63, 3.8) is 0 Å². The van der Waals surface area contributed by atoms with E-state index in [-0.39, 0.29) is 29.4 Å². The highest BCUT2D eigenvalue weighted by Crippen LogP contribution is 2.33. The van der Waals surface area contributed by atoms with E-state index in [4.69, 9.17) is 36.4 Å². The maximum Gasteiger partial charge on any atom is 0.407 e. The van der Waals surface area contributed by atoms with Gasteiger partial charge in [0.05, 0.1) is 40.2 Å². The first-order valence-electron chi connectivity index (χ1n) is 17.7. The SMILES string of the molecule is [2H]C([2H])([2H])C([2H])(C([2H])([2H])[2H])C([2H])([2H])N(C[C@@H](O)[C@H](Cc1ccccc1)NC(=O)O[C@]1([2H])[C@@H]2CCO[C@@H]2OC1([2H])[2H])S(=O)(=O)c1ccc(N)cc1. The molecule has 0 spiro atoms. The number of aliphatic hydroxyl groups is 1. The van der Waals surface area contributed by atoms with Crippen LogP contribution >= 0.6 is 0 Å². The third-order valence-electron chi connectivity index (χ3n) is 5.98. The number of hydrogen-bond acceptors (Lipinski definition) is 8. The molecule has 4 rings (SSSR count). The number of alkyl carbamates (subject to hydrolysis) is 1. The van der Waals surface area contributed by atoms with Crippen LogP contribution in [0.3, 0.4) is 0 Å². The lowest BCUT2D eigenvalue weighted by molar-refractivity contribution is -0.0907. The Bertz CT molecular complexity index is 1620. The first kappa shape index (κ1) is 16.4. The summed E-state index contributed by atoms with van der Waals surface area (Å²) < 4.78 is 142. The fourth-order valence-electron chi connectivity index (χ4n) is 4.05. The molecule has 4 N–H and O–H groups in total. The quantitative estimate of drug-likeness (QED) is 0.357. The molecule has 2 fully saturated rings. The lowest BCUT2D eigenvalue weighted by atomic mass is 10.0. The van der Waals surface area contributed by atoms with E-state index in [0.717, 1.165) is 24.3 Å². The zero-order valence-corrected chi connectivity index (χ0v) is 21.0. The first-order chi connectivity index (χ1) is 22.8. The van der Waals surface area contributed by atoms with Crippen LogP contribution in [0.5, 0.6) is 0 Å². The number of aliphatic hydroxyl groups excluding tert-OH is 1. The molecule has 2 aromatic carbocycles. The van der Waals surface area contributed by atoms with E-state index in [2.05, 4.69) is 5.32 Å². The number of benzene rings is 2. The van der Waals surface area contributed by atoms with Gasteiger partial charge in [-0.3, -0.25) is 0 Å². The van der Waals surface area contributed by atoms with Crippen molar-refractivity contribution in [2.75, 3.05) is 31.9 Å². The molecule has 0 saturated carbocycles. The van der Waals surface area contributed by atoms with Crippen molar-refractivity contribution < 1.29 is 49.0 Å². The summed E-state index contributed by atoms with van der Waals surface area (Å²) in [6, 6.07) is 10.4. The molecule has 38 heavy (non-hydrogen) atoms. The van der Waals surface area contributed by atoms with Crippen LogP contribution in [0.2, 0.25) is 0 Å². The second kappa shape index (κ2) is 12.4. The lowest BCUT2D eigenvalue weighted by Gasteiger charge is -2.31. The minimum Gasteiger partial charge on any atom is -0.443 e. The first-order valence-corrected chi connectivity index (χ1v) is 13.1. The Balaban J connectivity index is 1.77. The zero-order chi connectivity index (χ0) is 37.7. The molecule has 2 aliphatic heterocycles. The van der Waals surface area contributed by atoms with Crippen LogP contribution in [0.1, 0.15) is 42.1 Å². The van der Waals surface area contributed by atoms with Gasteiger partial charge in [0.1, 0.15) is 6.08 Å². The van der Waals surface area contributed by atoms with E-state index < -0.39 is 90.6 Å². The molecular formula is C27H37N3O7S. The number of nitrogens with one attached hydrogen (secondary N) is 1. The van der Waals surface area contributed by atoms with Gasteiger partial charge >= 0.3 is 6.09 Å². The number of nitrogens with two attached hydrogens (primary N) is 1. The summed E-state index contributed by atoms with van der Waals surface area (Å²) in [6.07, 6.45) is -7.67. The number of rotatable bonds is 11. The van der Waals surface area contributed by atoms with E-state index in [1.54, 1.807) is 30.3 Å². The number of nitrogens with zero attached hydrogens (tertiary/aromatic N) is 1. The molecule has 11 heteroatoms. The van der Waals surface area contributed by atoms with Gasteiger partial charge in [-0.15, -0.1) is 0 Å². The summed E-state index contributed by atoms with van der Waals surface area (Å²) in [7, 11) is -5.29. The molecule has 2 aliphatic rings. The monoisotopic (exact) mass is 559 g/mol. The summed E-state index contributed by atoms with van der Waals surface area (Å²) >= 11 is 0. The number of fused-ring (bicyclic) bond motifs is 1. The largest absolute Gasteiger partial charge is 0.443 e. The molecule has 1 amide bonds. The number of amides is 1. The number of carbonyl (C=O) groups is 1. The predicted octanol–water partition coefficient (Wildman–Crippen LogP) is 2.38. The average Bonchev–Trinajstić information content (AvgIpc) is 3.52. The van der Waals surface area contributed by atoms with Crippen LogP contribution in [0.4, 0.5) is 10.5 Å². The molecule has 2 heterocycles. The van der Waals surface area contributed by atoms with Crippen molar-refractivity contribution in [2.45, 2.75) is 56.0 Å². The number of nitrogen functional groups attached to an aromatic ring is 1. The van der Waals surface area contributed by atoms with E-state index >= 15 is 0 Å². The van der Waals surface area contributed by atoms with Gasteiger partial charge in [0.15, 0.2) is 6.29 Å². The Morgan fingerprint density at radius 3 is 2.76 bits per heavy atom. The minimum absolute atomic E-state index is 0.0868. The Morgan fingerprint density at radius 2 is 2.05 bits per heavy atom. The highest BCUT2D eigenvalue weighted by Gasteiger charge is 2.44. The van der Waals surface area contributed by atoms with Gasteiger partial charge in [-0.05, 0) is 48.6 Å². The van der Waals surface area contributed by atoms with Crippen LogP contribution in [0, 0.1) is 11.8 Å².